The van der Waals surface area contributed by atoms with Gasteiger partial charge in [0.15, 0.2) is 0 Å². The maximum atomic E-state index is 12.8. The number of benzene rings is 2. The Morgan fingerprint density at radius 1 is 1.21 bits per heavy atom. The quantitative estimate of drug-likeness (QED) is 0.618. The van der Waals surface area contributed by atoms with E-state index in [0.717, 1.165) is 11.3 Å². The van der Waals surface area contributed by atoms with Gasteiger partial charge in [0.1, 0.15) is 12.3 Å². The van der Waals surface area contributed by atoms with Crippen LogP contribution in [0.1, 0.15) is 5.56 Å². The first-order valence-corrected chi connectivity index (χ1v) is 9.84. The number of carbonyl (C=O) groups excluding carboxylic acids is 2. The molecule has 29 heavy (non-hydrogen) atoms. The Bertz CT molecular complexity index is 1040. The molecule has 0 spiro atoms. The van der Waals surface area contributed by atoms with Crippen molar-refractivity contribution in [2.75, 3.05) is 29.6 Å². The summed E-state index contributed by atoms with van der Waals surface area (Å²) in [7, 11) is 1.62. The van der Waals surface area contributed by atoms with Crippen LogP contribution in [0, 0.1) is 0 Å². The number of nitrogens with one attached hydrogen (secondary N) is 1. The second-order valence-electron chi connectivity index (χ2n) is 6.30. The summed E-state index contributed by atoms with van der Waals surface area (Å²) < 4.78 is 6.80. The first-order valence-electron chi connectivity index (χ1n) is 8.85. The first-order chi connectivity index (χ1) is 14.1. The summed E-state index contributed by atoms with van der Waals surface area (Å²) >= 11 is 1.24. The summed E-state index contributed by atoms with van der Waals surface area (Å²) in [4.78, 5) is 26.2. The van der Waals surface area contributed by atoms with Crippen LogP contribution in [0.3, 0.4) is 0 Å². The predicted octanol–water partition coefficient (Wildman–Crippen LogP) is 1.81. The van der Waals surface area contributed by atoms with Gasteiger partial charge >= 0.3 is 0 Å². The standard InChI is InChI=1S/C19H18N6O3S/c1-28-14-8-6-13(7-9-14)10-25-19(21-22-23-25)29-12-18(27)24-11-17(26)20-15-4-2-3-5-16(15)24/h2-9H,10-12H2,1H3,(H,20,26). The van der Waals surface area contributed by atoms with Gasteiger partial charge in [-0.1, -0.05) is 36.0 Å². The minimum atomic E-state index is -0.216. The monoisotopic (exact) mass is 410 g/mol. The van der Waals surface area contributed by atoms with Crippen LogP contribution in [0.4, 0.5) is 11.4 Å². The number of methoxy groups -OCH3 is 1. The fraction of sp³-hybridized carbons (Fsp3) is 0.211. The molecule has 1 aliphatic rings. The Morgan fingerprint density at radius 3 is 2.79 bits per heavy atom. The lowest BCUT2D eigenvalue weighted by molar-refractivity contribution is -0.120. The number of hydrogen-bond donors (Lipinski definition) is 1. The molecular weight excluding hydrogens is 392 g/mol. The first kappa shape index (κ1) is 18.9. The van der Waals surface area contributed by atoms with Gasteiger partial charge in [-0.15, -0.1) is 5.10 Å². The van der Waals surface area contributed by atoms with Crippen LogP contribution in [-0.2, 0) is 16.1 Å². The number of fused-ring (bicyclic) bond motifs is 1. The van der Waals surface area contributed by atoms with Crippen molar-refractivity contribution >= 4 is 35.0 Å². The van der Waals surface area contributed by atoms with Crippen molar-refractivity contribution in [3.8, 4) is 5.75 Å². The van der Waals surface area contributed by atoms with Gasteiger partial charge in [0.25, 0.3) is 0 Å². The number of nitrogens with zero attached hydrogens (tertiary/aromatic N) is 5. The van der Waals surface area contributed by atoms with Crippen molar-refractivity contribution in [1.29, 1.82) is 0 Å². The van der Waals surface area contributed by atoms with Gasteiger partial charge < -0.3 is 15.0 Å². The third-order valence-electron chi connectivity index (χ3n) is 4.39. The molecule has 0 aliphatic carbocycles. The number of ether oxygens (including phenoxy) is 1. The van der Waals surface area contributed by atoms with E-state index in [1.165, 1.54) is 16.7 Å². The van der Waals surface area contributed by atoms with Crippen molar-refractivity contribution in [3.63, 3.8) is 0 Å². The number of para-hydroxylation sites is 2. The summed E-state index contributed by atoms with van der Waals surface area (Å²) in [5.41, 5.74) is 2.33. The Labute approximate surface area is 171 Å². The summed E-state index contributed by atoms with van der Waals surface area (Å²) in [5, 5.41) is 15.0. The van der Waals surface area contributed by atoms with Crippen LogP contribution in [-0.4, -0.2) is 51.4 Å². The van der Waals surface area contributed by atoms with Crippen LogP contribution < -0.4 is 15.0 Å². The lowest BCUT2D eigenvalue weighted by Gasteiger charge is -2.28. The smallest absolute Gasteiger partial charge is 0.244 e. The van der Waals surface area contributed by atoms with Gasteiger partial charge in [-0.3, -0.25) is 9.59 Å². The van der Waals surface area contributed by atoms with E-state index in [4.69, 9.17) is 4.74 Å². The fourth-order valence-electron chi connectivity index (χ4n) is 2.96. The maximum absolute atomic E-state index is 12.8. The summed E-state index contributed by atoms with van der Waals surface area (Å²) in [5.74, 6) is 0.490. The Kier molecular flexibility index (Phi) is 5.43. The van der Waals surface area contributed by atoms with Gasteiger partial charge in [0.05, 0.1) is 30.8 Å². The van der Waals surface area contributed by atoms with Crippen LogP contribution >= 0.6 is 11.8 Å². The van der Waals surface area contributed by atoms with Gasteiger partial charge in [0.2, 0.25) is 17.0 Å². The molecule has 0 saturated heterocycles. The van der Waals surface area contributed by atoms with Crippen LogP contribution in [0.2, 0.25) is 0 Å². The third kappa shape index (κ3) is 4.21. The fourth-order valence-corrected chi connectivity index (χ4v) is 3.72. The number of hydrogen-bond acceptors (Lipinski definition) is 7. The Balaban J connectivity index is 1.43. The zero-order valence-corrected chi connectivity index (χ0v) is 16.4. The van der Waals surface area contributed by atoms with Gasteiger partial charge in [0, 0.05) is 0 Å². The molecule has 2 heterocycles. The van der Waals surface area contributed by atoms with E-state index in [1.807, 2.05) is 42.5 Å². The third-order valence-corrected chi connectivity index (χ3v) is 5.33. The number of anilines is 2. The van der Waals surface area contributed by atoms with E-state index >= 15 is 0 Å². The average Bonchev–Trinajstić information content (AvgIpc) is 3.18. The minimum absolute atomic E-state index is 0.00675. The molecule has 2 amide bonds. The Hall–Kier alpha value is -3.40. The predicted molar refractivity (Wildman–Crippen MR) is 108 cm³/mol. The molecule has 148 valence electrons. The number of thioether (sulfide) groups is 1. The van der Waals surface area contributed by atoms with Crippen molar-refractivity contribution in [2.45, 2.75) is 11.7 Å². The van der Waals surface area contributed by atoms with Gasteiger partial charge in [-0.05, 0) is 40.3 Å². The summed E-state index contributed by atoms with van der Waals surface area (Å²) in [6, 6.07) is 14.8. The minimum Gasteiger partial charge on any atom is -0.497 e. The summed E-state index contributed by atoms with van der Waals surface area (Å²) in [6.45, 7) is 0.468. The highest BCUT2D eigenvalue weighted by atomic mass is 32.2. The van der Waals surface area contributed by atoms with Crippen molar-refractivity contribution in [3.05, 3.63) is 54.1 Å². The highest BCUT2D eigenvalue weighted by Gasteiger charge is 2.26. The molecule has 10 heteroatoms. The molecule has 4 rings (SSSR count). The zero-order valence-electron chi connectivity index (χ0n) is 15.6. The van der Waals surface area contributed by atoms with E-state index in [0.29, 0.717) is 23.1 Å². The van der Waals surface area contributed by atoms with E-state index in [-0.39, 0.29) is 24.1 Å². The largest absolute Gasteiger partial charge is 0.497 e. The number of aromatic nitrogens is 4. The van der Waals surface area contributed by atoms with Crippen molar-refractivity contribution < 1.29 is 14.3 Å². The van der Waals surface area contributed by atoms with Gasteiger partial charge in [-0.25, -0.2) is 4.68 Å². The van der Waals surface area contributed by atoms with Crippen LogP contribution in [0.25, 0.3) is 0 Å². The highest BCUT2D eigenvalue weighted by Crippen LogP contribution is 2.29. The molecule has 9 nitrogen and oxygen atoms in total. The molecular formula is C19H18N6O3S. The van der Waals surface area contributed by atoms with E-state index in [1.54, 1.807) is 17.9 Å². The van der Waals surface area contributed by atoms with Crippen molar-refractivity contribution in [1.82, 2.24) is 20.2 Å². The van der Waals surface area contributed by atoms with E-state index < -0.39 is 0 Å². The number of tetrazole rings is 1. The molecule has 2 aromatic carbocycles. The number of carbonyl (C=O) groups is 2. The van der Waals surface area contributed by atoms with Crippen molar-refractivity contribution in [2.24, 2.45) is 0 Å². The molecule has 1 N–H and O–H groups in total. The molecule has 0 radical (unpaired) electrons. The molecule has 1 aliphatic heterocycles. The van der Waals surface area contributed by atoms with E-state index in [2.05, 4.69) is 20.8 Å². The SMILES string of the molecule is COc1ccc(Cn2nnnc2SCC(=O)N2CC(=O)Nc3ccccc32)cc1. The highest BCUT2D eigenvalue weighted by molar-refractivity contribution is 7.99. The molecule has 0 unspecified atom stereocenters. The lowest BCUT2D eigenvalue weighted by atomic mass is 10.2. The normalized spacial score (nSPS) is 13.0. The molecule has 0 fully saturated rings. The summed E-state index contributed by atoms with van der Waals surface area (Å²) in [6.07, 6.45) is 0. The number of amides is 2. The lowest BCUT2D eigenvalue weighted by Crippen LogP contribution is -2.43. The van der Waals surface area contributed by atoms with Crippen LogP contribution in [0.15, 0.2) is 53.7 Å². The molecule has 0 atom stereocenters. The molecule has 0 bridgehead atoms. The topological polar surface area (TPSA) is 102 Å². The molecule has 1 aromatic heterocycles. The number of rotatable bonds is 6. The second kappa shape index (κ2) is 8.31. The molecule has 3 aromatic rings. The average molecular weight is 410 g/mol. The van der Waals surface area contributed by atoms with Crippen LogP contribution in [0.5, 0.6) is 5.75 Å². The Morgan fingerprint density at radius 2 is 2.00 bits per heavy atom. The van der Waals surface area contributed by atoms with E-state index in [9.17, 15) is 9.59 Å². The maximum Gasteiger partial charge on any atom is 0.244 e. The second-order valence-corrected chi connectivity index (χ2v) is 7.24. The molecule has 0 saturated carbocycles. The van der Waals surface area contributed by atoms with Gasteiger partial charge in [-0.2, -0.15) is 0 Å². The zero-order chi connectivity index (χ0) is 20.2.